The average Bonchev–Trinajstić information content (AvgIpc) is 2.52. The number of rotatable bonds is 7. The fourth-order valence-electron chi connectivity index (χ4n) is 2.44. The van der Waals surface area contributed by atoms with Gasteiger partial charge in [-0.3, -0.25) is 0 Å². The molecule has 1 saturated heterocycles. The van der Waals surface area contributed by atoms with Crippen LogP contribution in [0.25, 0.3) is 0 Å². The van der Waals surface area contributed by atoms with Crippen LogP contribution in [0.2, 0.25) is 0 Å². The van der Waals surface area contributed by atoms with Crippen LogP contribution in [-0.4, -0.2) is 23.9 Å². The van der Waals surface area contributed by atoms with Crippen molar-refractivity contribution in [2.75, 3.05) is 13.2 Å². The van der Waals surface area contributed by atoms with E-state index in [1.807, 2.05) is 12.1 Å². The lowest BCUT2D eigenvalue weighted by Crippen LogP contribution is -2.36. The fourth-order valence-corrected chi connectivity index (χ4v) is 4.46. The molecule has 0 N–H and O–H groups in total. The van der Waals surface area contributed by atoms with Gasteiger partial charge in [0.15, 0.2) is 0 Å². The lowest BCUT2D eigenvalue weighted by Gasteiger charge is -2.41. The Morgan fingerprint density at radius 1 is 1.27 bits per heavy atom. The Hall–Kier alpha value is -0.730. The van der Waals surface area contributed by atoms with Gasteiger partial charge in [-0.2, -0.15) is 0 Å². The SMILES string of the molecule is C=CC(CCC)N(Cc1ccccc1)P1OCC(C)(C)CO1. The number of hydrogen-bond acceptors (Lipinski definition) is 3. The van der Waals surface area contributed by atoms with E-state index < -0.39 is 8.53 Å². The van der Waals surface area contributed by atoms with Crippen LogP contribution in [0, 0.1) is 5.41 Å². The fraction of sp³-hybridized carbons (Fsp3) is 0.556. The molecule has 0 bridgehead atoms. The van der Waals surface area contributed by atoms with E-state index in [1.165, 1.54) is 5.56 Å². The van der Waals surface area contributed by atoms with Crippen molar-refractivity contribution in [1.29, 1.82) is 0 Å². The summed E-state index contributed by atoms with van der Waals surface area (Å²) < 4.78 is 14.5. The number of nitrogens with zero attached hydrogens (tertiary/aromatic N) is 1. The van der Waals surface area contributed by atoms with Gasteiger partial charge in [-0.1, -0.05) is 63.6 Å². The summed E-state index contributed by atoms with van der Waals surface area (Å²) in [5.74, 6) is 0. The zero-order valence-corrected chi connectivity index (χ0v) is 14.9. The van der Waals surface area contributed by atoms with Gasteiger partial charge in [0.2, 0.25) is 0 Å². The van der Waals surface area contributed by atoms with Gasteiger partial charge in [0, 0.05) is 18.0 Å². The van der Waals surface area contributed by atoms with Crippen LogP contribution in [0.3, 0.4) is 0 Å². The summed E-state index contributed by atoms with van der Waals surface area (Å²) in [5.41, 5.74) is 1.39. The second-order valence-electron chi connectivity index (χ2n) is 6.62. The van der Waals surface area contributed by atoms with E-state index in [0.717, 1.165) is 32.6 Å². The lowest BCUT2D eigenvalue weighted by atomic mass is 9.97. The molecular formula is C18H28NO2P. The molecule has 3 nitrogen and oxygen atoms in total. The molecule has 1 atom stereocenters. The summed E-state index contributed by atoms with van der Waals surface area (Å²) in [6.07, 6.45) is 4.23. The Morgan fingerprint density at radius 2 is 1.91 bits per heavy atom. The van der Waals surface area contributed by atoms with E-state index in [0.29, 0.717) is 0 Å². The van der Waals surface area contributed by atoms with Crippen molar-refractivity contribution in [2.24, 2.45) is 5.41 Å². The van der Waals surface area contributed by atoms with Crippen molar-refractivity contribution in [3.8, 4) is 0 Å². The standard InChI is InChI=1S/C18H28NO2P/c1-5-10-17(6-2)19(13-16-11-8-7-9-12-16)22-20-14-18(3,4)15-21-22/h6-9,11-12,17H,2,5,10,13-15H2,1,3-4H3. The molecule has 1 unspecified atom stereocenters. The lowest BCUT2D eigenvalue weighted by molar-refractivity contribution is 0.0405. The van der Waals surface area contributed by atoms with E-state index in [9.17, 15) is 0 Å². The highest BCUT2D eigenvalue weighted by molar-refractivity contribution is 7.44. The van der Waals surface area contributed by atoms with Crippen molar-refractivity contribution in [3.05, 3.63) is 48.6 Å². The number of benzene rings is 1. The van der Waals surface area contributed by atoms with E-state index in [4.69, 9.17) is 9.05 Å². The molecule has 22 heavy (non-hydrogen) atoms. The van der Waals surface area contributed by atoms with Gasteiger partial charge in [-0.25, -0.2) is 4.67 Å². The van der Waals surface area contributed by atoms with Crippen LogP contribution >= 0.6 is 8.53 Å². The Balaban J connectivity index is 2.12. The summed E-state index contributed by atoms with van der Waals surface area (Å²) in [7, 11) is -1.01. The molecule has 1 aliphatic heterocycles. The maximum Gasteiger partial charge on any atom is 0.259 e. The van der Waals surface area contributed by atoms with Crippen molar-refractivity contribution in [2.45, 2.75) is 46.2 Å². The molecular weight excluding hydrogens is 293 g/mol. The Morgan fingerprint density at radius 3 is 2.45 bits per heavy atom. The zero-order chi connectivity index (χ0) is 16.0. The number of hydrogen-bond donors (Lipinski definition) is 0. The summed E-state index contributed by atoms with van der Waals surface area (Å²) in [5, 5.41) is 0. The normalized spacial score (nSPS) is 20.0. The predicted molar refractivity (Wildman–Crippen MR) is 93.5 cm³/mol. The molecule has 0 spiro atoms. The van der Waals surface area contributed by atoms with Crippen molar-refractivity contribution < 1.29 is 9.05 Å². The molecule has 1 aromatic carbocycles. The van der Waals surface area contributed by atoms with E-state index in [-0.39, 0.29) is 11.5 Å². The quantitative estimate of drug-likeness (QED) is 0.512. The maximum absolute atomic E-state index is 6.08. The Labute approximate surface area is 136 Å². The van der Waals surface area contributed by atoms with Crippen LogP contribution in [0.15, 0.2) is 43.0 Å². The highest BCUT2D eigenvalue weighted by Crippen LogP contribution is 2.51. The van der Waals surface area contributed by atoms with Gasteiger partial charge in [0.1, 0.15) is 0 Å². The third-order valence-corrected chi connectivity index (χ3v) is 5.33. The first-order valence-electron chi connectivity index (χ1n) is 8.05. The summed E-state index contributed by atoms with van der Waals surface area (Å²) in [6.45, 7) is 12.9. The van der Waals surface area contributed by atoms with Gasteiger partial charge in [-0.05, 0) is 12.0 Å². The van der Waals surface area contributed by atoms with Crippen molar-refractivity contribution >= 4 is 8.53 Å². The van der Waals surface area contributed by atoms with Gasteiger partial charge in [-0.15, -0.1) is 6.58 Å². The van der Waals surface area contributed by atoms with Crippen LogP contribution in [-0.2, 0) is 15.6 Å². The minimum atomic E-state index is -1.01. The van der Waals surface area contributed by atoms with E-state index >= 15 is 0 Å². The monoisotopic (exact) mass is 321 g/mol. The first-order valence-corrected chi connectivity index (χ1v) is 9.18. The molecule has 1 heterocycles. The van der Waals surface area contributed by atoms with E-state index in [2.05, 4.69) is 56.3 Å². The third kappa shape index (κ3) is 4.89. The molecule has 122 valence electrons. The summed E-state index contributed by atoms with van der Waals surface area (Å²) in [6, 6.07) is 10.8. The molecule has 2 rings (SSSR count). The zero-order valence-electron chi connectivity index (χ0n) is 14.0. The topological polar surface area (TPSA) is 21.7 Å². The predicted octanol–water partition coefficient (Wildman–Crippen LogP) is 5.14. The van der Waals surface area contributed by atoms with Crippen molar-refractivity contribution in [1.82, 2.24) is 4.67 Å². The van der Waals surface area contributed by atoms with Crippen LogP contribution in [0.4, 0.5) is 0 Å². The van der Waals surface area contributed by atoms with Gasteiger partial charge >= 0.3 is 0 Å². The highest BCUT2D eigenvalue weighted by atomic mass is 31.2. The second-order valence-corrected chi connectivity index (χ2v) is 8.13. The molecule has 0 radical (unpaired) electrons. The largest absolute Gasteiger partial charge is 0.321 e. The summed E-state index contributed by atoms with van der Waals surface area (Å²) in [4.78, 5) is 0. The van der Waals surface area contributed by atoms with Crippen LogP contribution < -0.4 is 0 Å². The molecule has 0 aromatic heterocycles. The minimum absolute atomic E-state index is 0.103. The average molecular weight is 321 g/mol. The third-order valence-electron chi connectivity index (χ3n) is 3.77. The van der Waals surface area contributed by atoms with Crippen LogP contribution in [0.1, 0.15) is 39.2 Å². The minimum Gasteiger partial charge on any atom is -0.321 e. The summed E-state index contributed by atoms with van der Waals surface area (Å²) >= 11 is 0. The first kappa shape index (κ1) is 17.6. The van der Waals surface area contributed by atoms with Gasteiger partial charge < -0.3 is 9.05 Å². The molecule has 4 heteroatoms. The molecule has 1 aliphatic rings. The molecule has 0 saturated carbocycles. The second kappa shape index (κ2) is 8.21. The Bertz CT molecular complexity index is 453. The molecule has 1 fully saturated rings. The molecule has 1 aromatic rings. The molecule has 0 aliphatic carbocycles. The van der Waals surface area contributed by atoms with Crippen molar-refractivity contribution in [3.63, 3.8) is 0 Å². The smallest absolute Gasteiger partial charge is 0.259 e. The highest BCUT2D eigenvalue weighted by Gasteiger charge is 2.35. The van der Waals surface area contributed by atoms with Gasteiger partial charge in [0.25, 0.3) is 8.53 Å². The Kier molecular flexibility index (Phi) is 6.58. The van der Waals surface area contributed by atoms with Crippen LogP contribution in [0.5, 0.6) is 0 Å². The maximum atomic E-state index is 6.08. The van der Waals surface area contributed by atoms with E-state index in [1.54, 1.807) is 0 Å². The molecule has 0 amide bonds. The van der Waals surface area contributed by atoms with Gasteiger partial charge in [0.05, 0.1) is 13.2 Å². The first-order chi connectivity index (χ1) is 10.6.